The van der Waals surface area contributed by atoms with Crippen LogP contribution in [-0.2, 0) is 32.7 Å². The van der Waals surface area contributed by atoms with Crippen LogP contribution in [0, 0.1) is 0 Å². The molecule has 0 heterocycles. The van der Waals surface area contributed by atoms with Crippen molar-refractivity contribution in [2.24, 2.45) is 0 Å². The van der Waals surface area contributed by atoms with Crippen molar-refractivity contribution >= 4 is 19.8 Å². The summed E-state index contributed by atoms with van der Waals surface area (Å²) in [4.78, 5) is 37.3. The Kier molecular flexibility index (Phi) is 32.6. The van der Waals surface area contributed by atoms with Crippen LogP contribution < -0.4 is 4.89 Å². The highest BCUT2D eigenvalue weighted by atomic mass is 31.2. The van der Waals surface area contributed by atoms with E-state index < -0.39 is 32.5 Å². The van der Waals surface area contributed by atoms with Gasteiger partial charge in [-0.1, -0.05) is 119 Å². The monoisotopic (exact) mass is 749 g/mol. The molecule has 0 aromatic heterocycles. The Morgan fingerprint density at radius 2 is 1.12 bits per heavy atom. The number of ether oxygens (including phenoxy) is 2. The van der Waals surface area contributed by atoms with E-state index in [2.05, 4.69) is 80.7 Å². The SMILES string of the molecule is CC/C=C/C/C=C/C/C=C/C/C=C/C/C=C/CCCC(=O)OC[C@@H](COP(=O)([O-])OCC[N+](C)(C)C)OC(=O)CCCCCCC/C=C/CCCC. The molecule has 0 amide bonds. The average molecular weight is 750 g/mol. The van der Waals surface area contributed by atoms with Crippen LogP contribution in [0.15, 0.2) is 72.9 Å². The summed E-state index contributed by atoms with van der Waals surface area (Å²) in [5.74, 6) is -0.924. The van der Waals surface area contributed by atoms with Crippen molar-refractivity contribution in [2.45, 2.75) is 136 Å². The number of nitrogens with zero attached hydrogens (tertiary/aromatic N) is 1. The lowest BCUT2D eigenvalue weighted by atomic mass is 10.1. The summed E-state index contributed by atoms with van der Waals surface area (Å²) >= 11 is 0. The van der Waals surface area contributed by atoms with E-state index in [-0.39, 0.29) is 26.1 Å². The molecule has 2 atom stereocenters. The summed E-state index contributed by atoms with van der Waals surface area (Å²) in [6, 6.07) is 0. The Bertz CT molecular complexity index is 1120. The lowest BCUT2D eigenvalue weighted by molar-refractivity contribution is -0.870. The van der Waals surface area contributed by atoms with Gasteiger partial charge in [0.1, 0.15) is 19.8 Å². The molecule has 0 aromatic carbocycles. The van der Waals surface area contributed by atoms with Gasteiger partial charge in [0.25, 0.3) is 7.82 Å². The minimum Gasteiger partial charge on any atom is -0.756 e. The van der Waals surface area contributed by atoms with E-state index >= 15 is 0 Å². The molecular formula is C42H72NO8P. The number of likely N-dealkylation sites (N-methyl/N-ethyl adjacent to an activating group) is 1. The fourth-order valence-electron chi connectivity index (χ4n) is 4.61. The zero-order chi connectivity index (χ0) is 38.6. The number of phosphoric ester groups is 1. The Labute approximate surface area is 317 Å². The van der Waals surface area contributed by atoms with Crippen LogP contribution in [0.25, 0.3) is 0 Å². The molecule has 0 saturated carbocycles. The Hall–Kier alpha value is -2.55. The van der Waals surface area contributed by atoms with Crippen molar-refractivity contribution in [1.82, 2.24) is 0 Å². The molecule has 52 heavy (non-hydrogen) atoms. The molecule has 0 radical (unpaired) electrons. The third-order valence-electron chi connectivity index (χ3n) is 7.71. The molecule has 0 saturated heterocycles. The highest BCUT2D eigenvalue weighted by Crippen LogP contribution is 2.38. The first kappa shape index (κ1) is 49.5. The van der Waals surface area contributed by atoms with Crippen molar-refractivity contribution in [1.29, 1.82) is 0 Å². The molecule has 298 valence electrons. The molecule has 0 rings (SSSR count). The van der Waals surface area contributed by atoms with Crippen LogP contribution in [0.4, 0.5) is 0 Å². The van der Waals surface area contributed by atoms with Gasteiger partial charge in [-0.2, -0.15) is 0 Å². The maximum Gasteiger partial charge on any atom is 0.306 e. The molecule has 0 aliphatic rings. The van der Waals surface area contributed by atoms with E-state index in [4.69, 9.17) is 18.5 Å². The molecule has 0 aliphatic heterocycles. The van der Waals surface area contributed by atoms with Crippen molar-refractivity contribution in [2.75, 3.05) is 47.5 Å². The maximum atomic E-state index is 12.6. The predicted molar refractivity (Wildman–Crippen MR) is 213 cm³/mol. The Morgan fingerprint density at radius 3 is 1.71 bits per heavy atom. The second kappa shape index (κ2) is 34.2. The summed E-state index contributed by atoms with van der Waals surface area (Å²) in [7, 11) is 1.11. The van der Waals surface area contributed by atoms with Crippen LogP contribution in [-0.4, -0.2) is 70.0 Å². The molecule has 0 fully saturated rings. The largest absolute Gasteiger partial charge is 0.756 e. The number of carbonyl (C=O) groups is 2. The van der Waals surface area contributed by atoms with E-state index in [1.165, 1.54) is 12.8 Å². The summed E-state index contributed by atoms with van der Waals surface area (Å²) in [6.07, 6.45) is 40.8. The predicted octanol–water partition coefficient (Wildman–Crippen LogP) is 10.0. The fraction of sp³-hybridized carbons (Fsp3) is 0.667. The second-order valence-electron chi connectivity index (χ2n) is 13.9. The van der Waals surface area contributed by atoms with E-state index in [1.807, 2.05) is 27.2 Å². The van der Waals surface area contributed by atoms with Gasteiger partial charge in [-0.15, -0.1) is 0 Å². The first-order chi connectivity index (χ1) is 25.0. The number of rotatable bonds is 34. The maximum absolute atomic E-state index is 12.6. The van der Waals surface area contributed by atoms with Gasteiger partial charge in [0, 0.05) is 12.8 Å². The van der Waals surface area contributed by atoms with Gasteiger partial charge in [-0.05, 0) is 70.6 Å². The molecule has 0 bridgehead atoms. The van der Waals surface area contributed by atoms with E-state index in [0.29, 0.717) is 23.9 Å². The Balaban J connectivity index is 4.53. The number of unbranched alkanes of at least 4 members (excludes halogenated alkanes) is 8. The number of carbonyl (C=O) groups excluding carboxylic acids is 2. The highest BCUT2D eigenvalue weighted by molar-refractivity contribution is 7.45. The minimum absolute atomic E-state index is 0.0449. The average Bonchev–Trinajstić information content (AvgIpc) is 3.09. The number of allylic oxidation sites excluding steroid dienone is 12. The standard InChI is InChI=1S/C42H72NO8P/c1-6-8-10-12-14-16-18-19-20-21-22-23-25-26-28-30-32-34-41(44)48-38-40(39-50-52(46,47)49-37-36-43(3,4)5)51-42(45)35-33-31-29-27-24-17-15-13-11-9-7-2/h8,10,13-16,19-20,22-23,26,28,40H,6-7,9,11-12,17-18,21,24-25,27,29-39H2,1-5H3/b10-8+,15-13+,16-14+,20-19+,23-22+,28-26+/t40-/m0/s1. The van der Waals surface area contributed by atoms with Crippen molar-refractivity contribution in [3.05, 3.63) is 72.9 Å². The van der Waals surface area contributed by atoms with Crippen molar-refractivity contribution in [3.63, 3.8) is 0 Å². The van der Waals surface area contributed by atoms with Crippen LogP contribution in [0.1, 0.15) is 129 Å². The fourth-order valence-corrected chi connectivity index (χ4v) is 5.34. The smallest absolute Gasteiger partial charge is 0.306 e. The number of phosphoric acid groups is 1. The molecule has 9 nitrogen and oxygen atoms in total. The first-order valence-corrected chi connectivity index (χ1v) is 21.1. The zero-order valence-corrected chi connectivity index (χ0v) is 34.1. The quantitative estimate of drug-likeness (QED) is 0.0210. The number of esters is 2. The van der Waals surface area contributed by atoms with Gasteiger partial charge in [-0.25, -0.2) is 0 Å². The molecule has 0 N–H and O–H groups in total. The molecule has 10 heteroatoms. The van der Waals surface area contributed by atoms with Gasteiger partial charge in [0.15, 0.2) is 6.10 Å². The third kappa shape index (κ3) is 37.2. The van der Waals surface area contributed by atoms with Gasteiger partial charge >= 0.3 is 11.9 Å². The van der Waals surface area contributed by atoms with Crippen LogP contribution >= 0.6 is 7.82 Å². The van der Waals surface area contributed by atoms with Crippen molar-refractivity contribution in [3.8, 4) is 0 Å². The minimum atomic E-state index is -4.64. The third-order valence-corrected chi connectivity index (χ3v) is 8.67. The van der Waals surface area contributed by atoms with Gasteiger partial charge < -0.3 is 27.9 Å². The summed E-state index contributed by atoms with van der Waals surface area (Å²) in [5, 5.41) is 0. The lowest BCUT2D eigenvalue weighted by Gasteiger charge is -2.28. The van der Waals surface area contributed by atoms with Gasteiger partial charge in [-0.3, -0.25) is 14.2 Å². The van der Waals surface area contributed by atoms with E-state index in [0.717, 1.165) is 77.0 Å². The summed E-state index contributed by atoms with van der Waals surface area (Å²) in [6.45, 7) is 3.96. The number of hydrogen-bond acceptors (Lipinski definition) is 8. The molecule has 0 aliphatic carbocycles. The lowest BCUT2D eigenvalue weighted by Crippen LogP contribution is -2.37. The molecule has 0 aromatic rings. The first-order valence-electron chi connectivity index (χ1n) is 19.6. The normalized spacial score (nSPS) is 14.5. The zero-order valence-electron chi connectivity index (χ0n) is 33.2. The Morgan fingerprint density at radius 1 is 0.615 bits per heavy atom. The second-order valence-corrected chi connectivity index (χ2v) is 15.3. The van der Waals surface area contributed by atoms with Crippen LogP contribution in [0.3, 0.4) is 0 Å². The summed E-state index contributed by atoms with van der Waals surface area (Å²) < 4.78 is 33.7. The van der Waals surface area contributed by atoms with Gasteiger partial charge in [0.05, 0.1) is 27.7 Å². The number of quaternary nitrogens is 1. The van der Waals surface area contributed by atoms with Crippen molar-refractivity contribution < 1.29 is 42.1 Å². The molecule has 1 unspecified atom stereocenters. The highest BCUT2D eigenvalue weighted by Gasteiger charge is 2.21. The van der Waals surface area contributed by atoms with Crippen LogP contribution in [0.2, 0.25) is 0 Å². The topological polar surface area (TPSA) is 111 Å². The molecular weight excluding hydrogens is 677 g/mol. The van der Waals surface area contributed by atoms with E-state index in [1.54, 1.807) is 0 Å². The molecule has 0 spiro atoms. The van der Waals surface area contributed by atoms with E-state index in [9.17, 15) is 19.0 Å². The van der Waals surface area contributed by atoms with Gasteiger partial charge in [0.2, 0.25) is 0 Å². The van der Waals surface area contributed by atoms with Crippen LogP contribution in [0.5, 0.6) is 0 Å². The number of hydrogen-bond donors (Lipinski definition) is 0. The summed E-state index contributed by atoms with van der Waals surface area (Å²) in [5.41, 5.74) is 0.